The lowest BCUT2D eigenvalue weighted by molar-refractivity contribution is 0.626. The average Bonchev–Trinajstić information content (AvgIpc) is 0.811. The summed E-state index contributed by atoms with van der Waals surface area (Å²) in [6, 6.07) is 0. The summed E-state index contributed by atoms with van der Waals surface area (Å²) >= 11 is 0. The van der Waals surface area contributed by atoms with E-state index in [1.165, 1.54) is 0 Å². The van der Waals surface area contributed by atoms with E-state index in [9.17, 15) is 0 Å². The Bertz CT molecular complexity index is 54.4. The molecule has 0 fully saturated rings. The molecule has 2 nitrogen and oxygen atoms in total. The lowest BCUT2D eigenvalue weighted by atomic mass is 10.8. The molecule has 4 heteroatoms. The predicted molar refractivity (Wildman–Crippen MR) is 18.9 cm³/mol. The SMILES string of the molecule is B[SH](=O)=O. The first-order valence-corrected chi connectivity index (χ1v) is 2.44. The minimum atomic E-state index is -2.12. The molecule has 0 radical (unpaired) electrons. The Kier molecular flexibility index (Phi) is 1.35. The zero-order valence-electron chi connectivity index (χ0n) is 2.26. The molecule has 0 amide bonds. The molecular formula is H3BO2S. The van der Waals surface area contributed by atoms with Crippen LogP contribution in [0.15, 0.2) is 0 Å². The van der Waals surface area contributed by atoms with Crippen LogP contribution < -0.4 is 0 Å². The molecule has 0 spiro atoms. The molecule has 0 rings (SSSR count). The van der Waals surface area contributed by atoms with Crippen LogP contribution >= 0.6 is 0 Å². The molecule has 0 unspecified atom stereocenters. The Morgan fingerprint density at radius 3 is 1.50 bits per heavy atom. The smallest absolute Gasteiger partial charge is 0.245 e. The first-order chi connectivity index (χ1) is 1.73. The van der Waals surface area contributed by atoms with Crippen molar-refractivity contribution in [2.45, 2.75) is 0 Å². The van der Waals surface area contributed by atoms with Crippen LogP contribution in [0.4, 0.5) is 0 Å². The van der Waals surface area contributed by atoms with Gasteiger partial charge in [0.25, 0.3) is 7.12 Å². The highest BCUT2D eigenvalue weighted by molar-refractivity contribution is 7.96. The Morgan fingerprint density at radius 1 is 1.50 bits per heavy atom. The van der Waals surface area contributed by atoms with Crippen LogP contribution in [-0.2, 0) is 10.6 Å². The molecule has 0 atom stereocenters. The Balaban J connectivity index is 3.51. The molecule has 4 heavy (non-hydrogen) atoms. The van der Waals surface area contributed by atoms with Crippen molar-refractivity contribution in [2.75, 3.05) is 0 Å². The van der Waals surface area contributed by atoms with Crippen molar-refractivity contribution >= 4 is 17.7 Å². The fourth-order valence-corrected chi connectivity index (χ4v) is 0. The number of thiol groups is 1. The molecule has 0 saturated heterocycles. The fourth-order valence-electron chi connectivity index (χ4n) is 0. The normalized spacial score (nSPS) is 8.25. The van der Waals surface area contributed by atoms with Gasteiger partial charge in [0.15, 0.2) is 0 Å². The van der Waals surface area contributed by atoms with Gasteiger partial charge in [-0.15, -0.1) is 0 Å². The van der Waals surface area contributed by atoms with E-state index in [1.54, 1.807) is 0 Å². The third kappa shape index (κ3) is 9310. The summed E-state index contributed by atoms with van der Waals surface area (Å²) in [6.45, 7) is 0. The second-order valence-corrected chi connectivity index (χ2v) is 1.32. The zero-order valence-corrected chi connectivity index (χ0v) is 3.16. The Labute approximate surface area is 27.1 Å². The van der Waals surface area contributed by atoms with Gasteiger partial charge in [-0.05, 0) is 0 Å². The van der Waals surface area contributed by atoms with Crippen LogP contribution in [0.25, 0.3) is 0 Å². The molecule has 0 aromatic rings. The zero-order chi connectivity index (χ0) is 3.58. The summed E-state index contributed by atoms with van der Waals surface area (Å²) in [6.07, 6.45) is 0. The Hall–Kier alpha value is 0.0149. The molecule has 0 saturated carbocycles. The van der Waals surface area contributed by atoms with Crippen molar-refractivity contribution in [1.29, 1.82) is 0 Å². The summed E-state index contributed by atoms with van der Waals surface area (Å²) in [5, 5.41) is 0. The molecule has 0 aliphatic carbocycles. The van der Waals surface area contributed by atoms with E-state index in [-0.39, 0.29) is 0 Å². The lowest BCUT2D eigenvalue weighted by Gasteiger charge is -1.39. The second kappa shape index (κ2) is 1.35. The van der Waals surface area contributed by atoms with E-state index in [2.05, 4.69) is 0 Å². The van der Waals surface area contributed by atoms with E-state index >= 15 is 0 Å². The monoisotopic (exact) mass is 78.0 g/mol. The topological polar surface area (TPSA) is 34.1 Å². The molecule has 0 N–H and O–H groups in total. The van der Waals surface area contributed by atoms with Crippen LogP contribution in [0.2, 0.25) is 0 Å². The van der Waals surface area contributed by atoms with Crippen molar-refractivity contribution in [3.05, 3.63) is 0 Å². The van der Waals surface area contributed by atoms with Gasteiger partial charge in [-0.1, -0.05) is 0 Å². The van der Waals surface area contributed by atoms with Crippen molar-refractivity contribution in [1.82, 2.24) is 0 Å². The quantitative estimate of drug-likeness (QED) is 0.272. The average molecular weight is 77.9 g/mol. The largest absolute Gasteiger partial charge is 0.252 e. The van der Waals surface area contributed by atoms with Crippen molar-refractivity contribution in [2.24, 2.45) is 0 Å². The predicted octanol–water partition coefficient (Wildman–Crippen LogP) is -1.85. The first kappa shape index (κ1) is 4.01. The van der Waals surface area contributed by atoms with Gasteiger partial charge in [0, 0.05) is 0 Å². The third-order valence-corrected chi connectivity index (χ3v) is 0. The van der Waals surface area contributed by atoms with Gasteiger partial charge in [0.05, 0.1) is 10.6 Å². The van der Waals surface area contributed by atoms with Crippen molar-refractivity contribution in [3.8, 4) is 0 Å². The standard InChI is InChI=1S/BH3O2S/c1-4(2)3/h4H,1H2. The first-order valence-electron chi connectivity index (χ1n) is 0.812. The van der Waals surface area contributed by atoms with Crippen LogP contribution in [0.5, 0.6) is 0 Å². The highest BCUT2D eigenvalue weighted by Gasteiger charge is 1.48. The number of rotatable bonds is 0. The molecule has 0 aliphatic rings. The molecule has 0 heterocycles. The molecule has 0 aromatic carbocycles. The van der Waals surface area contributed by atoms with Crippen LogP contribution in [0.1, 0.15) is 0 Å². The number of hydrogen-bond acceptors (Lipinski definition) is 2. The maximum atomic E-state index is 9.04. The van der Waals surface area contributed by atoms with Gasteiger partial charge in [0.2, 0.25) is 0 Å². The van der Waals surface area contributed by atoms with Gasteiger partial charge in [-0.3, -0.25) is 0 Å². The number of hydrogen-bond donors (Lipinski definition) is 1. The molecule has 0 aliphatic heterocycles. The lowest BCUT2D eigenvalue weighted by Crippen LogP contribution is -1.60. The van der Waals surface area contributed by atoms with Gasteiger partial charge >= 0.3 is 0 Å². The van der Waals surface area contributed by atoms with Crippen LogP contribution in [0.3, 0.4) is 0 Å². The third-order valence-electron chi connectivity index (χ3n) is 0. The van der Waals surface area contributed by atoms with Crippen LogP contribution in [0, 0.1) is 0 Å². The summed E-state index contributed by atoms with van der Waals surface area (Å²) in [5.74, 6) is 0. The van der Waals surface area contributed by atoms with Gasteiger partial charge in [-0.25, -0.2) is 8.42 Å². The highest BCUT2D eigenvalue weighted by Crippen LogP contribution is 1.25. The van der Waals surface area contributed by atoms with Gasteiger partial charge in [-0.2, -0.15) is 0 Å². The minimum Gasteiger partial charge on any atom is -0.245 e. The van der Waals surface area contributed by atoms with E-state index in [0.29, 0.717) is 0 Å². The second-order valence-electron chi connectivity index (χ2n) is 0.440. The molecular weight excluding hydrogens is 74.9 g/mol. The van der Waals surface area contributed by atoms with E-state index in [4.69, 9.17) is 8.42 Å². The maximum absolute atomic E-state index is 9.04. The molecule has 24 valence electrons. The minimum absolute atomic E-state index is 1.12. The maximum Gasteiger partial charge on any atom is 0.252 e. The Morgan fingerprint density at radius 2 is 1.50 bits per heavy atom. The van der Waals surface area contributed by atoms with E-state index < -0.39 is 10.6 Å². The summed E-state index contributed by atoms with van der Waals surface area (Å²) in [7, 11) is -1.00. The van der Waals surface area contributed by atoms with Crippen molar-refractivity contribution in [3.63, 3.8) is 0 Å². The van der Waals surface area contributed by atoms with Crippen molar-refractivity contribution < 1.29 is 8.42 Å². The highest BCUT2D eigenvalue weighted by atomic mass is 32.2. The summed E-state index contributed by atoms with van der Waals surface area (Å²) in [5.41, 5.74) is 0. The summed E-state index contributed by atoms with van der Waals surface area (Å²) < 4.78 is 18.1. The van der Waals surface area contributed by atoms with Gasteiger partial charge in [0.1, 0.15) is 0 Å². The van der Waals surface area contributed by atoms with Crippen LogP contribution in [-0.4, -0.2) is 15.5 Å². The molecule has 0 aromatic heterocycles. The van der Waals surface area contributed by atoms with E-state index in [0.717, 1.165) is 7.12 Å². The summed E-state index contributed by atoms with van der Waals surface area (Å²) in [4.78, 5) is 0. The molecule has 0 bridgehead atoms. The van der Waals surface area contributed by atoms with Gasteiger partial charge < -0.3 is 0 Å². The van der Waals surface area contributed by atoms with E-state index in [1.807, 2.05) is 0 Å². The fraction of sp³-hybridized carbons (Fsp3) is 0.